The summed E-state index contributed by atoms with van der Waals surface area (Å²) in [5, 5.41) is 2.54. The number of ether oxygens (including phenoxy) is 2. The molecular weight excluding hydrogens is 361 g/mol. The number of amides is 1. The third-order valence-corrected chi connectivity index (χ3v) is 4.87. The first-order chi connectivity index (χ1) is 12.0. The van der Waals surface area contributed by atoms with Crippen molar-refractivity contribution >= 4 is 19.5 Å². The third kappa shape index (κ3) is 7.56. The molecule has 1 aromatic rings. The molecule has 0 saturated carbocycles. The molecule has 0 aliphatic carbocycles. The predicted molar refractivity (Wildman–Crippen MR) is 96.7 cm³/mol. The molecule has 0 aliphatic heterocycles. The Kier molecular flexibility index (Phi) is 7.81. The van der Waals surface area contributed by atoms with Crippen LogP contribution in [0.15, 0.2) is 24.3 Å². The van der Waals surface area contributed by atoms with Gasteiger partial charge in [-0.15, -0.1) is 0 Å². The van der Waals surface area contributed by atoms with Crippen molar-refractivity contribution < 1.29 is 32.7 Å². The van der Waals surface area contributed by atoms with Crippen molar-refractivity contribution in [1.82, 2.24) is 5.32 Å². The van der Waals surface area contributed by atoms with E-state index in [9.17, 15) is 14.2 Å². The molecule has 146 valence electrons. The Bertz CT molecular complexity index is 676. The molecule has 1 N–H and O–H groups in total. The van der Waals surface area contributed by atoms with Crippen LogP contribution in [0, 0.1) is 0 Å². The molecule has 0 bridgehead atoms. The zero-order valence-corrected chi connectivity index (χ0v) is 16.8. The fourth-order valence-electron chi connectivity index (χ4n) is 1.92. The van der Waals surface area contributed by atoms with E-state index in [2.05, 4.69) is 5.32 Å². The highest BCUT2D eigenvalue weighted by Crippen LogP contribution is 2.46. The Balaban J connectivity index is 2.73. The Morgan fingerprint density at radius 2 is 1.81 bits per heavy atom. The lowest BCUT2D eigenvalue weighted by molar-refractivity contribution is 0.0414. The highest BCUT2D eigenvalue weighted by molar-refractivity contribution is 7.54. The number of benzene rings is 1. The summed E-state index contributed by atoms with van der Waals surface area (Å²) in [7, 11) is -1.00. The second-order valence-electron chi connectivity index (χ2n) is 6.49. The second kappa shape index (κ2) is 9.16. The van der Waals surface area contributed by atoms with Gasteiger partial charge in [0.15, 0.2) is 12.0 Å². The van der Waals surface area contributed by atoms with E-state index in [1.165, 1.54) is 20.3 Å². The zero-order valence-electron chi connectivity index (χ0n) is 15.9. The van der Waals surface area contributed by atoms with Gasteiger partial charge in [-0.1, -0.05) is 12.1 Å². The molecule has 1 rings (SSSR count). The summed E-state index contributed by atoms with van der Waals surface area (Å²) < 4.78 is 32.4. The molecule has 1 atom stereocenters. The molecule has 0 heterocycles. The van der Waals surface area contributed by atoms with Gasteiger partial charge in [-0.05, 0) is 39.8 Å². The van der Waals surface area contributed by atoms with Gasteiger partial charge in [0, 0.05) is 19.8 Å². The lowest BCUT2D eigenvalue weighted by Gasteiger charge is -2.22. The quantitative estimate of drug-likeness (QED) is 0.413. The number of alkyl carbamates (subject to hydrolysis) is 1. The monoisotopic (exact) mass is 387 g/mol. The molecule has 0 spiro atoms. The van der Waals surface area contributed by atoms with Crippen molar-refractivity contribution in [1.29, 1.82) is 0 Å². The van der Waals surface area contributed by atoms with Crippen LogP contribution in [0.5, 0.6) is 5.75 Å². The van der Waals surface area contributed by atoms with Crippen LogP contribution < -0.4 is 10.1 Å². The SMILES string of the molecule is COP(=O)(CC(=O)c1cccc(OC(C)NC(=O)OC(C)(C)C)c1)OC. The third-order valence-electron chi connectivity index (χ3n) is 3.08. The molecule has 1 aromatic carbocycles. The average Bonchev–Trinajstić information content (AvgIpc) is 2.52. The van der Waals surface area contributed by atoms with E-state index in [0.717, 1.165) is 0 Å². The van der Waals surface area contributed by atoms with E-state index in [1.54, 1.807) is 45.9 Å². The van der Waals surface area contributed by atoms with Crippen molar-refractivity contribution in [2.75, 3.05) is 20.4 Å². The molecule has 0 radical (unpaired) electrons. The smallest absolute Gasteiger partial charge is 0.410 e. The minimum atomic E-state index is -3.45. The van der Waals surface area contributed by atoms with E-state index in [-0.39, 0.29) is 6.16 Å². The van der Waals surface area contributed by atoms with Gasteiger partial charge < -0.3 is 18.5 Å². The fraction of sp³-hybridized carbons (Fsp3) is 0.529. The number of hydrogen-bond donors (Lipinski definition) is 1. The summed E-state index contributed by atoms with van der Waals surface area (Å²) in [5.74, 6) is -0.0423. The van der Waals surface area contributed by atoms with Crippen LogP contribution in [-0.4, -0.2) is 44.1 Å². The molecule has 8 nitrogen and oxygen atoms in total. The topological polar surface area (TPSA) is 100 Å². The summed E-state index contributed by atoms with van der Waals surface area (Å²) in [6, 6.07) is 6.31. The molecule has 0 saturated heterocycles. The van der Waals surface area contributed by atoms with E-state index in [4.69, 9.17) is 18.5 Å². The summed E-state index contributed by atoms with van der Waals surface area (Å²) in [6.07, 6.45) is -1.67. The van der Waals surface area contributed by atoms with Crippen LogP contribution >= 0.6 is 7.60 Å². The van der Waals surface area contributed by atoms with Gasteiger partial charge in [0.2, 0.25) is 0 Å². The van der Waals surface area contributed by atoms with Crippen LogP contribution in [0.3, 0.4) is 0 Å². The van der Waals surface area contributed by atoms with E-state index in [1.807, 2.05) is 0 Å². The maximum Gasteiger partial charge on any atom is 0.410 e. The van der Waals surface area contributed by atoms with Gasteiger partial charge in [0.1, 0.15) is 17.5 Å². The number of Topliss-reactive ketones (excluding diaryl/α,β-unsaturated/α-hetero) is 1. The number of hydrogen-bond acceptors (Lipinski definition) is 7. The van der Waals surface area contributed by atoms with Gasteiger partial charge in [-0.25, -0.2) is 4.79 Å². The largest absolute Gasteiger partial charge is 0.471 e. The van der Waals surface area contributed by atoms with Crippen LogP contribution in [0.4, 0.5) is 4.79 Å². The van der Waals surface area contributed by atoms with Crippen molar-refractivity contribution in [3.05, 3.63) is 29.8 Å². The Labute approximate surface area is 153 Å². The van der Waals surface area contributed by atoms with Crippen molar-refractivity contribution in [3.8, 4) is 5.75 Å². The minimum Gasteiger partial charge on any atom is -0.471 e. The first-order valence-corrected chi connectivity index (χ1v) is 9.71. The lowest BCUT2D eigenvalue weighted by Crippen LogP contribution is -2.40. The number of nitrogens with one attached hydrogen (secondary N) is 1. The lowest BCUT2D eigenvalue weighted by atomic mass is 10.1. The normalized spacial score (nSPS) is 13.0. The van der Waals surface area contributed by atoms with Gasteiger partial charge in [0.25, 0.3) is 0 Å². The Morgan fingerprint density at radius 3 is 2.35 bits per heavy atom. The standard InChI is InChI=1S/C17H26NO7P/c1-12(18-16(20)25-17(2,3)4)24-14-9-7-8-13(10-14)15(19)11-26(21,22-5)23-6/h7-10,12H,11H2,1-6H3,(H,18,20). The summed E-state index contributed by atoms with van der Waals surface area (Å²) in [4.78, 5) is 24.0. The maximum atomic E-state index is 12.3. The van der Waals surface area contributed by atoms with Crippen LogP contribution in [0.2, 0.25) is 0 Å². The van der Waals surface area contributed by atoms with Crippen LogP contribution in [-0.2, 0) is 18.3 Å². The van der Waals surface area contributed by atoms with Crippen molar-refractivity contribution in [2.45, 2.75) is 39.5 Å². The van der Waals surface area contributed by atoms with Gasteiger partial charge in [0.05, 0.1) is 0 Å². The van der Waals surface area contributed by atoms with Crippen molar-refractivity contribution in [3.63, 3.8) is 0 Å². The Hall–Kier alpha value is -1.89. The first-order valence-electron chi connectivity index (χ1n) is 7.98. The van der Waals surface area contributed by atoms with E-state index < -0.39 is 31.3 Å². The van der Waals surface area contributed by atoms with Crippen molar-refractivity contribution in [2.24, 2.45) is 0 Å². The van der Waals surface area contributed by atoms with Gasteiger partial charge >= 0.3 is 13.7 Å². The Morgan fingerprint density at radius 1 is 1.19 bits per heavy atom. The molecular formula is C17H26NO7P. The maximum absolute atomic E-state index is 12.3. The fourth-order valence-corrected chi connectivity index (χ4v) is 2.86. The highest BCUT2D eigenvalue weighted by atomic mass is 31.2. The molecule has 0 aliphatic rings. The first kappa shape index (κ1) is 22.2. The highest BCUT2D eigenvalue weighted by Gasteiger charge is 2.26. The predicted octanol–water partition coefficient (Wildman–Crippen LogP) is 3.60. The molecule has 26 heavy (non-hydrogen) atoms. The van der Waals surface area contributed by atoms with E-state index >= 15 is 0 Å². The summed E-state index contributed by atoms with van der Waals surface area (Å²) >= 11 is 0. The molecule has 1 amide bonds. The number of carbonyl (C=O) groups is 2. The van der Waals surface area contributed by atoms with Gasteiger partial charge in [-0.3, -0.25) is 14.7 Å². The molecule has 1 unspecified atom stereocenters. The summed E-state index contributed by atoms with van der Waals surface area (Å²) in [6.45, 7) is 6.90. The van der Waals surface area contributed by atoms with Crippen LogP contribution in [0.1, 0.15) is 38.1 Å². The second-order valence-corrected chi connectivity index (χ2v) is 8.76. The number of carbonyl (C=O) groups excluding carboxylic acids is 2. The number of rotatable bonds is 8. The average molecular weight is 387 g/mol. The van der Waals surface area contributed by atoms with Crippen LogP contribution in [0.25, 0.3) is 0 Å². The molecule has 0 fully saturated rings. The van der Waals surface area contributed by atoms with E-state index in [0.29, 0.717) is 11.3 Å². The number of ketones is 1. The minimum absolute atomic E-state index is 0.293. The summed E-state index contributed by atoms with van der Waals surface area (Å²) in [5.41, 5.74) is -0.325. The van der Waals surface area contributed by atoms with Gasteiger partial charge in [-0.2, -0.15) is 0 Å². The molecule has 9 heteroatoms. The zero-order chi connectivity index (χ0) is 20.0. The molecule has 0 aromatic heterocycles.